The van der Waals surface area contributed by atoms with Gasteiger partial charge in [0.25, 0.3) is 0 Å². The molecule has 1 radical (unpaired) electrons. The van der Waals surface area contributed by atoms with Crippen molar-refractivity contribution in [2.24, 2.45) is 5.92 Å². The normalized spacial score (nSPS) is 33.6. The van der Waals surface area contributed by atoms with Crippen LogP contribution >= 0.6 is 0 Å². The Morgan fingerprint density at radius 2 is 2.36 bits per heavy atom. The van der Waals surface area contributed by atoms with Crippen LogP contribution in [0.4, 0.5) is 0 Å². The van der Waals surface area contributed by atoms with Crippen LogP contribution in [0.25, 0.3) is 0 Å². The van der Waals surface area contributed by atoms with Crippen molar-refractivity contribution in [1.82, 2.24) is 0 Å². The molecule has 14 heavy (non-hydrogen) atoms. The Balaban J connectivity index is 0.000000980. The summed E-state index contributed by atoms with van der Waals surface area (Å²) in [4.78, 5) is 10.7. The van der Waals surface area contributed by atoms with Crippen molar-refractivity contribution < 1.29 is 33.7 Å². The van der Waals surface area contributed by atoms with Gasteiger partial charge in [0, 0.05) is 25.4 Å². The van der Waals surface area contributed by atoms with Crippen LogP contribution in [0.3, 0.4) is 0 Å². The largest absolute Gasteiger partial charge is 0.490 e. The predicted octanol–water partition coefficient (Wildman–Crippen LogP) is 1.08. The van der Waals surface area contributed by atoms with Gasteiger partial charge < -0.3 is 15.5 Å². The van der Waals surface area contributed by atoms with Crippen molar-refractivity contribution >= 4 is 5.97 Å². The number of carbonyl (C=O) groups is 1. The molecule has 81 valence electrons. The zero-order chi connectivity index (χ0) is 9.26. The maximum absolute atomic E-state index is 10.7. The van der Waals surface area contributed by atoms with Crippen molar-refractivity contribution in [2.75, 3.05) is 6.61 Å². The molecule has 0 aromatic carbocycles. The van der Waals surface area contributed by atoms with Crippen LogP contribution < -0.4 is 0 Å². The monoisotopic (exact) mass is 284 g/mol. The summed E-state index contributed by atoms with van der Waals surface area (Å²) in [6.07, 6.45) is 6.24. The van der Waals surface area contributed by atoms with Crippen LogP contribution in [-0.2, 0) is 33.7 Å². The Labute approximate surface area is 96.6 Å². The van der Waals surface area contributed by atoms with E-state index in [1.54, 1.807) is 0 Å². The van der Waals surface area contributed by atoms with Crippen molar-refractivity contribution in [3.05, 3.63) is 12.7 Å². The fourth-order valence-electron chi connectivity index (χ4n) is 2.15. The van der Waals surface area contributed by atoms with E-state index in [0.717, 1.165) is 12.8 Å². The van der Waals surface area contributed by atoms with Crippen LogP contribution in [-0.4, -0.2) is 24.8 Å². The Bertz CT molecular complexity index is 229. The topological polar surface area (TPSA) is 35.5 Å². The molecule has 0 saturated carbocycles. The van der Waals surface area contributed by atoms with E-state index in [4.69, 9.17) is 9.47 Å². The third-order valence-corrected chi connectivity index (χ3v) is 2.80. The Morgan fingerprint density at radius 1 is 1.57 bits per heavy atom. The molecule has 0 amide bonds. The first-order valence-corrected chi connectivity index (χ1v) is 4.65. The molecule has 2 fully saturated rings. The van der Waals surface area contributed by atoms with E-state index in [0.29, 0.717) is 24.7 Å². The van der Waals surface area contributed by atoms with Gasteiger partial charge >= 0.3 is 0 Å². The zero-order valence-corrected chi connectivity index (χ0v) is 9.46. The van der Waals surface area contributed by atoms with Crippen molar-refractivity contribution in [2.45, 2.75) is 31.5 Å². The van der Waals surface area contributed by atoms with Gasteiger partial charge in [-0.15, -0.1) is 0 Å². The average Bonchev–Trinajstić information content (AvgIpc) is 2.74. The van der Waals surface area contributed by atoms with Gasteiger partial charge in [0.1, 0.15) is 5.97 Å². The molecule has 0 aromatic heterocycles. The minimum absolute atomic E-state index is 0. The fraction of sp³-hybridized carbons (Fsp3) is 0.700. The molecule has 2 aliphatic rings. The predicted molar refractivity (Wildman–Crippen MR) is 45.8 cm³/mol. The SMILES string of the molecule is C=[C-]C(=O)OCC1CC2CCC1O2.[Rh]. The molecule has 2 aliphatic heterocycles. The van der Waals surface area contributed by atoms with Crippen LogP contribution in [0.2, 0.25) is 0 Å². The second-order valence-electron chi connectivity index (χ2n) is 3.64. The molecule has 0 N–H and O–H groups in total. The Morgan fingerprint density at radius 3 is 2.86 bits per heavy atom. The molecule has 4 heteroatoms. The first-order chi connectivity index (χ1) is 6.29. The number of rotatable bonds is 3. The Hall–Kier alpha value is -0.207. The molecule has 3 unspecified atom stereocenters. The first kappa shape index (κ1) is 11.9. The molecular formula is C10H13O3Rh-. The number of esters is 1. The zero-order valence-electron chi connectivity index (χ0n) is 7.83. The summed E-state index contributed by atoms with van der Waals surface area (Å²) in [6.45, 7) is 3.68. The molecule has 3 nitrogen and oxygen atoms in total. The molecule has 2 rings (SSSR count). The van der Waals surface area contributed by atoms with Gasteiger partial charge in [-0.1, -0.05) is 0 Å². The van der Waals surface area contributed by atoms with Crippen LogP contribution in [0, 0.1) is 12.0 Å². The third kappa shape index (κ3) is 2.43. The van der Waals surface area contributed by atoms with Crippen LogP contribution in [0.1, 0.15) is 19.3 Å². The van der Waals surface area contributed by atoms with Crippen LogP contribution in [0.15, 0.2) is 6.58 Å². The van der Waals surface area contributed by atoms with Gasteiger partial charge in [-0.2, -0.15) is 0 Å². The van der Waals surface area contributed by atoms with E-state index in [-0.39, 0.29) is 19.5 Å². The van der Waals surface area contributed by atoms with Gasteiger partial charge in [-0.05, 0) is 19.3 Å². The number of ether oxygens (including phenoxy) is 2. The minimum Gasteiger partial charge on any atom is -0.490 e. The molecule has 0 aliphatic carbocycles. The van der Waals surface area contributed by atoms with Crippen molar-refractivity contribution in [3.63, 3.8) is 0 Å². The van der Waals surface area contributed by atoms with E-state index in [1.807, 2.05) is 0 Å². The standard InChI is InChI=1S/C10H13O3.Rh/c1-2-10(11)12-6-7-5-8-3-4-9(7)13-8;/h7-9H,1,3-6H2;/q-1;. The van der Waals surface area contributed by atoms with E-state index < -0.39 is 5.97 Å². The van der Waals surface area contributed by atoms with Gasteiger partial charge in [-0.25, -0.2) is 0 Å². The van der Waals surface area contributed by atoms with Gasteiger partial charge in [0.15, 0.2) is 0 Å². The second-order valence-corrected chi connectivity index (χ2v) is 3.64. The van der Waals surface area contributed by atoms with Crippen molar-refractivity contribution in [1.29, 1.82) is 0 Å². The van der Waals surface area contributed by atoms with E-state index in [9.17, 15) is 4.79 Å². The first-order valence-electron chi connectivity index (χ1n) is 4.65. The van der Waals surface area contributed by atoms with Gasteiger partial charge in [0.2, 0.25) is 0 Å². The quantitative estimate of drug-likeness (QED) is 0.337. The molecule has 3 atom stereocenters. The summed E-state index contributed by atoms with van der Waals surface area (Å²) >= 11 is 0. The minimum atomic E-state index is -0.456. The molecular weight excluding hydrogens is 271 g/mol. The number of hydrogen-bond donors (Lipinski definition) is 0. The number of hydrogen-bond acceptors (Lipinski definition) is 3. The molecule has 0 spiro atoms. The van der Waals surface area contributed by atoms with Gasteiger partial charge in [0.05, 0.1) is 18.8 Å². The number of carbonyl (C=O) groups excluding carboxylic acids is 1. The fourth-order valence-corrected chi connectivity index (χ4v) is 2.15. The summed E-state index contributed by atoms with van der Waals surface area (Å²) < 4.78 is 10.6. The summed E-state index contributed by atoms with van der Waals surface area (Å²) in [5.74, 6) is -0.0566. The maximum Gasteiger partial charge on any atom is 0.147 e. The summed E-state index contributed by atoms with van der Waals surface area (Å²) in [5, 5.41) is 0. The summed E-state index contributed by atoms with van der Waals surface area (Å²) in [7, 11) is 0. The molecule has 0 aromatic rings. The van der Waals surface area contributed by atoms with E-state index in [2.05, 4.69) is 12.7 Å². The molecule has 2 heterocycles. The van der Waals surface area contributed by atoms with E-state index in [1.165, 1.54) is 6.42 Å². The average molecular weight is 284 g/mol. The van der Waals surface area contributed by atoms with Crippen molar-refractivity contribution in [3.8, 4) is 0 Å². The third-order valence-electron chi connectivity index (χ3n) is 2.80. The Kier molecular flexibility index (Phi) is 4.27. The summed E-state index contributed by atoms with van der Waals surface area (Å²) in [6, 6.07) is 0. The molecule has 2 saturated heterocycles. The van der Waals surface area contributed by atoms with E-state index >= 15 is 0 Å². The maximum atomic E-state index is 10.7. The second kappa shape index (κ2) is 5.04. The summed E-state index contributed by atoms with van der Waals surface area (Å²) in [5.41, 5.74) is 0. The van der Waals surface area contributed by atoms with Gasteiger partial charge in [-0.3, -0.25) is 11.4 Å². The number of fused-ring (bicyclic) bond motifs is 2. The smallest absolute Gasteiger partial charge is 0.147 e. The van der Waals surface area contributed by atoms with Crippen LogP contribution in [0.5, 0.6) is 0 Å². The molecule has 2 bridgehead atoms.